The highest BCUT2D eigenvalue weighted by atomic mass is 16.4. The minimum Gasteiger partial charge on any atom is -0.481 e. The molecule has 1 saturated carbocycles. The van der Waals surface area contributed by atoms with E-state index in [4.69, 9.17) is 10.8 Å². The second-order valence-electron chi connectivity index (χ2n) is 2.67. The Bertz CT molecular complexity index is 176. The molecular formula is C7H11NO2. The molecule has 3 nitrogen and oxygen atoms in total. The Balaban J connectivity index is 2.66. The number of carboxylic acids is 1. The van der Waals surface area contributed by atoms with Crippen LogP contribution in [0.4, 0.5) is 0 Å². The molecule has 10 heavy (non-hydrogen) atoms. The maximum Gasteiger partial charge on any atom is 0.308 e. The van der Waals surface area contributed by atoms with Crippen LogP contribution in [-0.4, -0.2) is 17.1 Å². The van der Waals surface area contributed by atoms with Crippen molar-refractivity contribution < 1.29 is 9.90 Å². The van der Waals surface area contributed by atoms with E-state index in [1.807, 2.05) is 0 Å². The normalized spacial score (nSPS) is 32.7. The van der Waals surface area contributed by atoms with E-state index in [0.717, 1.165) is 12.0 Å². The molecule has 2 atom stereocenters. The first kappa shape index (κ1) is 7.28. The van der Waals surface area contributed by atoms with Crippen LogP contribution in [0.2, 0.25) is 0 Å². The molecule has 1 rings (SSSR count). The van der Waals surface area contributed by atoms with Gasteiger partial charge in [-0.1, -0.05) is 12.2 Å². The SMILES string of the molecule is C=C1CC[C@H](C(=O)O)[C@@H]1N. The summed E-state index contributed by atoms with van der Waals surface area (Å²) in [7, 11) is 0. The molecular weight excluding hydrogens is 130 g/mol. The van der Waals surface area contributed by atoms with Gasteiger partial charge in [-0.15, -0.1) is 0 Å². The molecule has 0 amide bonds. The molecule has 3 heteroatoms. The fourth-order valence-corrected chi connectivity index (χ4v) is 1.25. The van der Waals surface area contributed by atoms with Crippen LogP contribution in [-0.2, 0) is 4.79 Å². The van der Waals surface area contributed by atoms with E-state index >= 15 is 0 Å². The van der Waals surface area contributed by atoms with E-state index in [2.05, 4.69) is 6.58 Å². The van der Waals surface area contributed by atoms with Gasteiger partial charge in [-0.3, -0.25) is 4.79 Å². The van der Waals surface area contributed by atoms with Crippen molar-refractivity contribution in [3.63, 3.8) is 0 Å². The highest BCUT2D eigenvalue weighted by Gasteiger charge is 2.32. The zero-order valence-corrected chi connectivity index (χ0v) is 5.71. The minimum absolute atomic E-state index is 0.322. The fraction of sp³-hybridized carbons (Fsp3) is 0.571. The van der Waals surface area contributed by atoms with Gasteiger partial charge < -0.3 is 10.8 Å². The van der Waals surface area contributed by atoms with Crippen molar-refractivity contribution in [2.45, 2.75) is 18.9 Å². The number of hydrogen-bond acceptors (Lipinski definition) is 2. The maximum atomic E-state index is 10.4. The molecule has 1 fully saturated rings. The highest BCUT2D eigenvalue weighted by Crippen LogP contribution is 2.27. The molecule has 0 spiro atoms. The van der Waals surface area contributed by atoms with Crippen LogP contribution >= 0.6 is 0 Å². The van der Waals surface area contributed by atoms with Crippen LogP contribution in [0.1, 0.15) is 12.8 Å². The molecule has 1 aliphatic carbocycles. The zero-order valence-electron chi connectivity index (χ0n) is 5.71. The van der Waals surface area contributed by atoms with Crippen LogP contribution in [0.5, 0.6) is 0 Å². The molecule has 3 N–H and O–H groups in total. The Morgan fingerprint density at radius 1 is 1.80 bits per heavy atom. The van der Waals surface area contributed by atoms with Crippen molar-refractivity contribution in [1.82, 2.24) is 0 Å². The van der Waals surface area contributed by atoms with Crippen molar-refractivity contribution in [1.29, 1.82) is 0 Å². The zero-order chi connectivity index (χ0) is 7.72. The summed E-state index contributed by atoms with van der Waals surface area (Å²) in [6.07, 6.45) is 1.41. The second kappa shape index (κ2) is 2.42. The van der Waals surface area contributed by atoms with Gasteiger partial charge in [0.25, 0.3) is 0 Å². The molecule has 0 aromatic heterocycles. The first-order valence-corrected chi connectivity index (χ1v) is 3.29. The highest BCUT2D eigenvalue weighted by molar-refractivity contribution is 5.72. The Kier molecular flexibility index (Phi) is 1.76. The van der Waals surface area contributed by atoms with Crippen LogP contribution in [0.25, 0.3) is 0 Å². The topological polar surface area (TPSA) is 63.3 Å². The molecule has 0 heterocycles. The van der Waals surface area contributed by atoms with Crippen LogP contribution < -0.4 is 5.73 Å². The lowest BCUT2D eigenvalue weighted by atomic mass is 10.0. The van der Waals surface area contributed by atoms with Gasteiger partial charge in [0.1, 0.15) is 0 Å². The van der Waals surface area contributed by atoms with Crippen molar-refractivity contribution >= 4 is 5.97 Å². The molecule has 0 aliphatic heterocycles. The summed E-state index contributed by atoms with van der Waals surface area (Å²) in [5.41, 5.74) is 6.41. The first-order chi connectivity index (χ1) is 4.63. The number of rotatable bonds is 1. The number of nitrogens with two attached hydrogens (primary N) is 1. The average molecular weight is 141 g/mol. The van der Waals surface area contributed by atoms with Crippen LogP contribution in [0.3, 0.4) is 0 Å². The second-order valence-corrected chi connectivity index (χ2v) is 2.67. The third kappa shape index (κ3) is 1.04. The van der Waals surface area contributed by atoms with Crippen molar-refractivity contribution in [3.05, 3.63) is 12.2 Å². The molecule has 1 aliphatic rings. The molecule has 0 aromatic carbocycles. The summed E-state index contributed by atoms with van der Waals surface area (Å²) in [5, 5.41) is 8.58. The lowest BCUT2D eigenvalue weighted by molar-refractivity contribution is -0.141. The lowest BCUT2D eigenvalue weighted by Crippen LogP contribution is -2.31. The van der Waals surface area contributed by atoms with E-state index in [1.54, 1.807) is 0 Å². The summed E-state index contributed by atoms with van der Waals surface area (Å²) in [5.74, 6) is -1.20. The monoisotopic (exact) mass is 141 g/mol. The predicted molar refractivity (Wildman–Crippen MR) is 37.5 cm³/mol. The minimum atomic E-state index is -0.800. The number of hydrogen-bond donors (Lipinski definition) is 2. The largest absolute Gasteiger partial charge is 0.481 e. The molecule has 56 valence electrons. The van der Waals surface area contributed by atoms with E-state index in [9.17, 15) is 4.79 Å². The Morgan fingerprint density at radius 3 is 2.60 bits per heavy atom. The summed E-state index contributed by atoms with van der Waals surface area (Å²) < 4.78 is 0. The first-order valence-electron chi connectivity index (χ1n) is 3.29. The maximum absolute atomic E-state index is 10.4. The van der Waals surface area contributed by atoms with Crippen molar-refractivity contribution in [2.24, 2.45) is 11.7 Å². The average Bonchev–Trinajstić information content (AvgIpc) is 2.14. The lowest BCUT2D eigenvalue weighted by Gasteiger charge is -2.09. The summed E-state index contributed by atoms with van der Waals surface area (Å²) in [4.78, 5) is 10.4. The Hall–Kier alpha value is -0.830. The summed E-state index contributed by atoms with van der Waals surface area (Å²) in [6.45, 7) is 3.68. The third-order valence-corrected chi connectivity index (χ3v) is 2.00. The number of aliphatic carboxylic acids is 1. The fourth-order valence-electron chi connectivity index (χ4n) is 1.25. The van der Waals surface area contributed by atoms with Crippen molar-refractivity contribution in [3.8, 4) is 0 Å². The summed E-state index contributed by atoms with van der Waals surface area (Å²) >= 11 is 0. The molecule has 0 radical (unpaired) electrons. The van der Waals surface area contributed by atoms with Gasteiger partial charge in [0.05, 0.1) is 5.92 Å². The van der Waals surface area contributed by atoms with Gasteiger partial charge in [0.15, 0.2) is 0 Å². The van der Waals surface area contributed by atoms with E-state index in [0.29, 0.717) is 6.42 Å². The van der Waals surface area contributed by atoms with Gasteiger partial charge >= 0.3 is 5.97 Å². The van der Waals surface area contributed by atoms with Gasteiger partial charge in [-0.2, -0.15) is 0 Å². The molecule has 0 bridgehead atoms. The summed E-state index contributed by atoms with van der Waals surface area (Å²) in [6, 6.07) is -0.322. The van der Waals surface area contributed by atoms with Gasteiger partial charge in [-0.25, -0.2) is 0 Å². The van der Waals surface area contributed by atoms with Crippen LogP contribution in [0, 0.1) is 5.92 Å². The smallest absolute Gasteiger partial charge is 0.308 e. The molecule has 0 aromatic rings. The number of carbonyl (C=O) groups is 1. The van der Waals surface area contributed by atoms with E-state index in [-0.39, 0.29) is 6.04 Å². The van der Waals surface area contributed by atoms with Gasteiger partial charge in [0, 0.05) is 6.04 Å². The van der Waals surface area contributed by atoms with Crippen LogP contribution in [0.15, 0.2) is 12.2 Å². The van der Waals surface area contributed by atoms with Gasteiger partial charge in [-0.05, 0) is 12.8 Å². The van der Waals surface area contributed by atoms with E-state index in [1.165, 1.54) is 0 Å². The Morgan fingerprint density at radius 2 is 2.40 bits per heavy atom. The van der Waals surface area contributed by atoms with E-state index < -0.39 is 11.9 Å². The standard InChI is InChI=1S/C7H11NO2/c1-4-2-3-5(6(4)8)7(9)10/h5-6H,1-3,8H2,(H,9,10)/t5-,6+/m0/s1. The molecule has 0 unspecified atom stereocenters. The van der Waals surface area contributed by atoms with Crippen molar-refractivity contribution in [2.75, 3.05) is 0 Å². The number of carboxylic acid groups (broad SMARTS) is 1. The Labute approximate surface area is 59.5 Å². The third-order valence-electron chi connectivity index (χ3n) is 2.00. The predicted octanol–water partition coefficient (Wildman–Crippen LogP) is 0.365. The van der Waals surface area contributed by atoms with Gasteiger partial charge in [0.2, 0.25) is 0 Å². The quantitative estimate of drug-likeness (QED) is 0.518. The molecule has 0 saturated heterocycles.